The van der Waals surface area contributed by atoms with Crippen LogP contribution in [0, 0.1) is 6.92 Å². The summed E-state index contributed by atoms with van der Waals surface area (Å²) in [6, 6.07) is 22.5. The van der Waals surface area contributed by atoms with E-state index in [0.29, 0.717) is 6.04 Å². The van der Waals surface area contributed by atoms with Gasteiger partial charge < -0.3 is 14.6 Å². The van der Waals surface area contributed by atoms with Crippen LogP contribution in [0.15, 0.2) is 60.7 Å². The summed E-state index contributed by atoms with van der Waals surface area (Å²) in [6.07, 6.45) is 1.02. The number of nitrogens with zero attached hydrogens (tertiary/aromatic N) is 1. The van der Waals surface area contributed by atoms with Gasteiger partial charge in [0.15, 0.2) is 0 Å². The van der Waals surface area contributed by atoms with Crippen LogP contribution in [0.3, 0.4) is 0 Å². The molecule has 0 saturated heterocycles. The lowest BCUT2D eigenvalue weighted by Gasteiger charge is -2.34. The van der Waals surface area contributed by atoms with Gasteiger partial charge >= 0.3 is 0 Å². The standard InChI is InChI=1S/C24H24N2O/c1-15-12-19-24(23(13-15)27-3)22(14-16(2)25-19)26-20-10-6-4-8-17(20)18-9-5-7-11-21(18)26/h4-13,16,22,25H,14H2,1-3H3. The zero-order valence-corrected chi connectivity index (χ0v) is 16.0. The van der Waals surface area contributed by atoms with Crippen molar-refractivity contribution in [3.05, 3.63) is 71.8 Å². The molecular weight excluding hydrogens is 332 g/mol. The molecule has 3 aromatic carbocycles. The van der Waals surface area contributed by atoms with E-state index in [1.807, 2.05) is 0 Å². The highest BCUT2D eigenvalue weighted by molar-refractivity contribution is 6.08. The van der Waals surface area contributed by atoms with Crippen LogP contribution in [0.5, 0.6) is 5.75 Å². The zero-order chi connectivity index (χ0) is 18.5. The van der Waals surface area contributed by atoms with Gasteiger partial charge in [-0.25, -0.2) is 0 Å². The van der Waals surface area contributed by atoms with Crippen LogP contribution in [-0.4, -0.2) is 17.7 Å². The summed E-state index contributed by atoms with van der Waals surface area (Å²) in [4.78, 5) is 0. The number of aryl methyl sites for hydroxylation is 1. The minimum Gasteiger partial charge on any atom is -0.496 e. The number of hydrogen-bond donors (Lipinski definition) is 1. The van der Waals surface area contributed by atoms with Crippen molar-refractivity contribution >= 4 is 27.5 Å². The summed E-state index contributed by atoms with van der Waals surface area (Å²) in [6.45, 7) is 4.39. The molecular formula is C24H24N2O. The summed E-state index contributed by atoms with van der Waals surface area (Å²) in [5, 5.41) is 6.29. The maximum Gasteiger partial charge on any atom is 0.126 e. The lowest BCUT2D eigenvalue weighted by Crippen LogP contribution is -2.29. The third kappa shape index (κ3) is 2.42. The maximum atomic E-state index is 5.83. The molecule has 0 saturated carbocycles. The fourth-order valence-corrected chi connectivity index (χ4v) is 4.70. The van der Waals surface area contributed by atoms with Crippen molar-refractivity contribution in [1.29, 1.82) is 0 Å². The minimum atomic E-state index is 0.233. The van der Waals surface area contributed by atoms with Crippen LogP contribution in [0.25, 0.3) is 21.8 Å². The second kappa shape index (κ2) is 6.05. The van der Waals surface area contributed by atoms with Crippen molar-refractivity contribution in [2.24, 2.45) is 0 Å². The summed E-state index contributed by atoms with van der Waals surface area (Å²) in [5.41, 5.74) is 6.23. The molecule has 0 amide bonds. The average molecular weight is 356 g/mol. The molecule has 1 aromatic heterocycles. The molecule has 27 heavy (non-hydrogen) atoms. The highest BCUT2D eigenvalue weighted by atomic mass is 16.5. The topological polar surface area (TPSA) is 26.2 Å². The van der Waals surface area contributed by atoms with Gasteiger partial charge in [0.1, 0.15) is 5.75 Å². The van der Waals surface area contributed by atoms with Crippen molar-refractivity contribution < 1.29 is 4.74 Å². The van der Waals surface area contributed by atoms with E-state index in [2.05, 4.69) is 84.4 Å². The molecule has 5 rings (SSSR count). The van der Waals surface area contributed by atoms with Crippen LogP contribution in [-0.2, 0) is 0 Å². The second-order valence-corrected chi connectivity index (χ2v) is 7.63. The summed E-state index contributed by atoms with van der Waals surface area (Å²) < 4.78 is 8.34. The van der Waals surface area contributed by atoms with Gasteiger partial charge in [0, 0.05) is 39.1 Å². The number of rotatable bonds is 2. The fraction of sp³-hybridized carbons (Fsp3) is 0.250. The molecule has 1 aliphatic rings. The number of aromatic nitrogens is 1. The van der Waals surface area contributed by atoms with Crippen molar-refractivity contribution in [1.82, 2.24) is 4.57 Å². The quantitative estimate of drug-likeness (QED) is 0.483. The second-order valence-electron chi connectivity index (χ2n) is 7.63. The van der Waals surface area contributed by atoms with Gasteiger partial charge in [0.05, 0.1) is 13.2 Å². The number of para-hydroxylation sites is 2. The Bertz CT molecular complexity index is 1100. The molecule has 136 valence electrons. The Morgan fingerprint density at radius 3 is 2.22 bits per heavy atom. The molecule has 2 unspecified atom stereocenters. The number of methoxy groups -OCH3 is 1. The first-order valence-corrected chi connectivity index (χ1v) is 9.60. The van der Waals surface area contributed by atoms with Gasteiger partial charge in [0.2, 0.25) is 0 Å². The number of anilines is 1. The highest BCUT2D eigenvalue weighted by Gasteiger charge is 2.31. The lowest BCUT2D eigenvalue weighted by molar-refractivity contribution is 0.395. The first-order valence-electron chi connectivity index (χ1n) is 9.60. The first kappa shape index (κ1) is 16.2. The molecule has 2 atom stereocenters. The smallest absolute Gasteiger partial charge is 0.126 e. The van der Waals surface area contributed by atoms with E-state index in [-0.39, 0.29) is 6.04 Å². The lowest BCUT2D eigenvalue weighted by atomic mass is 9.91. The molecule has 1 aliphatic heterocycles. The Labute approximate surface area is 159 Å². The predicted molar refractivity (Wildman–Crippen MR) is 113 cm³/mol. The third-order valence-corrected chi connectivity index (χ3v) is 5.75. The molecule has 4 aromatic rings. The molecule has 1 N–H and O–H groups in total. The SMILES string of the molecule is COc1cc(C)cc2c1C(n1c3ccccc3c3ccccc31)CC(C)N2. The van der Waals surface area contributed by atoms with E-state index in [4.69, 9.17) is 4.74 Å². The highest BCUT2D eigenvalue weighted by Crippen LogP contribution is 2.45. The Morgan fingerprint density at radius 1 is 0.963 bits per heavy atom. The Hall–Kier alpha value is -2.94. The molecule has 0 bridgehead atoms. The number of hydrogen-bond acceptors (Lipinski definition) is 2. The Morgan fingerprint density at radius 2 is 1.59 bits per heavy atom. The Kier molecular flexibility index (Phi) is 3.64. The fourth-order valence-electron chi connectivity index (χ4n) is 4.70. The molecule has 3 heteroatoms. The molecule has 2 heterocycles. The summed E-state index contributed by atoms with van der Waals surface area (Å²) >= 11 is 0. The molecule has 0 fully saturated rings. The van der Waals surface area contributed by atoms with Crippen molar-refractivity contribution in [2.75, 3.05) is 12.4 Å². The van der Waals surface area contributed by atoms with Gasteiger partial charge in [-0.05, 0) is 50.1 Å². The van der Waals surface area contributed by atoms with Crippen LogP contribution < -0.4 is 10.1 Å². The van der Waals surface area contributed by atoms with Crippen molar-refractivity contribution in [3.8, 4) is 5.75 Å². The maximum absolute atomic E-state index is 5.83. The predicted octanol–water partition coefficient (Wildman–Crippen LogP) is 5.91. The van der Waals surface area contributed by atoms with Gasteiger partial charge in [-0.15, -0.1) is 0 Å². The monoisotopic (exact) mass is 356 g/mol. The van der Waals surface area contributed by atoms with E-state index < -0.39 is 0 Å². The van der Waals surface area contributed by atoms with Crippen molar-refractivity contribution in [2.45, 2.75) is 32.4 Å². The largest absolute Gasteiger partial charge is 0.496 e. The van der Waals surface area contributed by atoms with Gasteiger partial charge in [0.25, 0.3) is 0 Å². The molecule has 0 radical (unpaired) electrons. The van der Waals surface area contributed by atoms with E-state index in [9.17, 15) is 0 Å². The normalized spacial score (nSPS) is 19.1. The van der Waals surface area contributed by atoms with Crippen LogP contribution in [0.4, 0.5) is 5.69 Å². The number of benzene rings is 3. The van der Waals surface area contributed by atoms with E-state index >= 15 is 0 Å². The van der Waals surface area contributed by atoms with Crippen LogP contribution >= 0.6 is 0 Å². The van der Waals surface area contributed by atoms with E-state index in [1.54, 1.807) is 7.11 Å². The molecule has 0 spiro atoms. The Balaban J connectivity index is 1.86. The van der Waals surface area contributed by atoms with E-state index in [0.717, 1.165) is 12.2 Å². The van der Waals surface area contributed by atoms with E-state index in [1.165, 1.54) is 38.6 Å². The number of ether oxygens (including phenoxy) is 1. The first-order chi connectivity index (χ1) is 13.2. The van der Waals surface area contributed by atoms with Gasteiger partial charge in [-0.2, -0.15) is 0 Å². The summed E-state index contributed by atoms with van der Waals surface area (Å²) in [7, 11) is 1.77. The van der Waals surface area contributed by atoms with Crippen LogP contribution in [0.1, 0.15) is 30.5 Å². The minimum absolute atomic E-state index is 0.233. The molecule has 0 aliphatic carbocycles. The number of nitrogens with one attached hydrogen (secondary N) is 1. The third-order valence-electron chi connectivity index (χ3n) is 5.75. The summed E-state index contributed by atoms with van der Waals surface area (Å²) in [5.74, 6) is 0.969. The van der Waals surface area contributed by atoms with Crippen LogP contribution in [0.2, 0.25) is 0 Å². The van der Waals surface area contributed by atoms with Crippen molar-refractivity contribution in [3.63, 3.8) is 0 Å². The van der Waals surface area contributed by atoms with Gasteiger partial charge in [-0.3, -0.25) is 0 Å². The number of fused-ring (bicyclic) bond motifs is 4. The van der Waals surface area contributed by atoms with Gasteiger partial charge in [-0.1, -0.05) is 36.4 Å². The average Bonchev–Trinajstić information content (AvgIpc) is 3.01. The molecule has 3 nitrogen and oxygen atoms in total. The zero-order valence-electron chi connectivity index (χ0n) is 16.0.